The van der Waals surface area contributed by atoms with Gasteiger partial charge in [0.2, 0.25) is 0 Å². The molecule has 7 nitrogen and oxygen atoms in total. The summed E-state index contributed by atoms with van der Waals surface area (Å²) in [6, 6.07) is 12.8. The largest absolute Gasteiger partial charge is 0.265 e. The van der Waals surface area contributed by atoms with Gasteiger partial charge < -0.3 is 0 Å². The number of nitrogens with one attached hydrogen (secondary N) is 1. The van der Waals surface area contributed by atoms with Gasteiger partial charge in [-0.15, -0.1) is 0 Å². The smallest absolute Gasteiger partial charge is 0.263 e. The second kappa shape index (κ2) is 6.14. The third-order valence-electron chi connectivity index (χ3n) is 3.25. The number of benzene rings is 1. The summed E-state index contributed by atoms with van der Waals surface area (Å²) < 4.78 is 29.2. The zero-order valence-electron chi connectivity index (χ0n) is 12.7. The molecular weight excluding hydrogens is 326 g/mol. The highest BCUT2D eigenvalue weighted by molar-refractivity contribution is 7.92. The number of pyridine rings is 1. The molecule has 2 heterocycles. The van der Waals surface area contributed by atoms with Crippen LogP contribution in [0.5, 0.6) is 0 Å². The molecule has 24 heavy (non-hydrogen) atoms. The van der Waals surface area contributed by atoms with Crippen LogP contribution in [0.2, 0.25) is 0 Å². The minimum atomic E-state index is -3.84. The van der Waals surface area contributed by atoms with Gasteiger partial charge in [-0.2, -0.15) is 10.4 Å². The van der Waals surface area contributed by atoms with E-state index in [0.29, 0.717) is 17.2 Å². The summed E-state index contributed by atoms with van der Waals surface area (Å²) in [6.07, 6.45) is 3.20. The minimum absolute atomic E-state index is 0.0154. The average Bonchev–Trinajstić information content (AvgIpc) is 2.95. The van der Waals surface area contributed by atoms with Crippen molar-refractivity contribution >= 4 is 15.8 Å². The summed E-state index contributed by atoms with van der Waals surface area (Å²) >= 11 is 0. The molecule has 1 aromatic carbocycles. The van der Waals surface area contributed by atoms with E-state index in [2.05, 4.69) is 14.8 Å². The van der Waals surface area contributed by atoms with Crippen molar-refractivity contribution < 1.29 is 8.42 Å². The molecule has 0 radical (unpaired) electrons. The predicted octanol–water partition coefficient (Wildman–Crippen LogP) is 2.25. The van der Waals surface area contributed by atoms with Crippen LogP contribution in [0.4, 0.5) is 5.82 Å². The molecule has 0 aliphatic heterocycles. The number of aromatic nitrogens is 3. The predicted molar refractivity (Wildman–Crippen MR) is 88.1 cm³/mol. The maximum absolute atomic E-state index is 12.6. The van der Waals surface area contributed by atoms with Gasteiger partial charge >= 0.3 is 0 Å². The Labute approximate surface area is 139 Å². The Hall–Kier alpha value is -3.18. The zero-order chi connectivity index (χ0) is 17.2. The highest BCUT2D eigenvalue weighted by Crippen LogP contribution is 2.21. The number of hydrogen-bond acceptors (Lipinski definition) is 5. The molecule has 0 aliphatic rings. The second-order valence-corrected chi connectivity index (χ2v) is 6.72. The van der Waals surface area contributed by atoms with Crippen LogP contribution in [-0.4, -0.2) is 23.2 Å². The average molecular weight is 339 g/mol. The van der Waals surface area contributed by atoms with Gasteiger partial charge in [-0.05, 0) is 37.3 Å². The summed E-state index contributed by atoms with van der Waals surface area (Å²) in [5.41, 5.74) is 1.62. The Kier molecular flexibility index (Phi) is 4.02. The van der Waals surface area contributed by atoms with Crippen LogP contribution in [0, 0.1) is 18.3 Å². The van der Waals surface area contributed by atoms with E-state index in [1.54, 1.807) is 43.6 Å². The lowest BCUT2D eigenvalue weighted by Gasteiger charge is -2.10. The van der Waals surface area contributed by atoms with Crippen molar-refractivity contribution in [2.45, 2.75) is 11.8 Å². The minimum Gasteiger partial charge on any atom is -0.265 e. The molecular formula is C16H13N5O2S. The summed E-state index contributed by atoms with van der Waals surface area (Å²) in [4.78, 5) is 3.95. The lowest BCUT2D eigenvalue weighted by molar-refractivity contribution is 0.600. The van der Waals surface area contributed by atoms with E-state index < -0.39 is 10.0 Å². The molecule has 0 fully saturated rings. The van der Waals surface area contributed by atoms with Gasteiger partial charge in [-0.1, -0.05) is 6.07 Å². The Morgan fingerprint density at radius 3 is 2.62 bits per heavy atom. The lowest BCUT2D eigenvalue weighted by atomic mass is 10.2. The van der Waals surface area contributed by atoms with Crippen LogP contribution in [0.25, 0.3) is 5.69 Å². The Balaban J connectivity index is 2.01. The molecule has 0 amide bonds. The van der Waals surface area contributed by atoms with Crippen LogP contribution in [-0.2, 0) is 10.0 Å². The van der Waals surface area contributed by atoms with Crippen molar-refractivity contribution in [2.24, 2.45) is 0 Å². The van der Waals surface area contributed by atoms with Crippen molar-refractivity contribution in [3.63, 3.8) is 0 Å². The number of nitrogens with zero attached hydrogens (tertiary/aromatic N) is 4. The Morgan fingerprint density at radius 2 is 1.92 bits per heavy atom. The summed E-state index contributed by atoms with van der Waals surface area (Å²) in [5.74, 6) is 0.307. The first-order valence-corrected chi connectivity index (χ1v) is 8.48. The van der Waals surface area contributed by atoms with Gasteiger partial charge in [-0.3, -0.25) is 9.71 Å². The van der Waals surface area contributed by atoms with Crippen molar-refractivity contribution in [1.82, 2.24) is 14.8 Å². The summed E-state index contributed by atoms with van der Waals surface area (Å²) in [6.45, 7) is 1.77. The molecule has 0 atom stereocenters. The first-order valence-electron chi connectivity index (χ1n) is 7.00. The van der Waals surface area contributed by atoms with Crippen LogP contribution >= 0.6 is 0 Å². The third-order valence-corrected chi connectivity index (χ3v) is 4.60. The van der Waals surface area contributed by atoms with E-state index >= 15 is 0 Å². The van der Waals surface area contributed by atoms with Gasteiger partial charge in [0.05, 0.1) is 27.9 Å². The molecule has 2 aromatic heterocycles. The monoisotopic (exact) mass is 339 g/mol. The highest BCUT2D eigenvalue weighted by atomic mass is 32.2. The van der Waals surface area contributed by atoms with Crippen molar-refractivity contribution in [3.8, 4) is 11.8 Å². The van der Waals surface area contributed by atoms with E-state index in [-0.39, 0.29) is 10.5 Å². The quantitative estimate of drug-likeness (QED) is 0.785. The molecule has 0 unspecified atom stereocenters. The van der Waals surface area contributed by atoms with E-state index in [9.17, 15) is 8.42 Å². The lowest BCUT2D eigenvalue weighted by Crippen LogP contribution is -2.16. The number of sulfonamides is 1. The van der Waals surface area contributed by atoms with E-state index in [1.807, 2.05) is 6.07 Å². The number of hydrogen-bond donors (Lipinski definition) is 1. The first kappa shape index (κ1) is 15.7. The number of aryl methyl sites for hydroxylation is 1. The maximum Gasteiger partial charge on any atom is 0.263 e. The first-order chi connectivity index (χ1) is 11.5. The molecule has 1 N–H and O–H groups in total. The van der Waals surface area contributed by atoms with Gasteiger partial charge in [0, 0.05) is 18.5 Å². The standard InChI is InChI=1S/C16H13N5O2S/c1-12-9-16(21(19-12)14-5-7-18-8-6-14)20-24(22,23)15-4-2-3-13(10-15)11-17/h2-10,20H,1H3. The molecule has 0 aliphatic carbocycles. The second-order valence-electron chi connectivity index (χ2n) is 5.03. The Morgan fingerprint density at radius 1 is 1.17 bits per heavy atom. The fourth-order valence-corrected chi connectivity index (χ4v) is 3.26. The number of nitriles is 1. The van der Waals surface area contributed by atoms with Crippen molar-refractivity contribution in [3.05, 3.63) is 66.1 Å². The molecule has 3 aromatic rings. The zero-order valence-corrected chi connectivity index (χ0v) is 13.5. The van der Waals surface area contributed by atoms with Gasteiger partial charge in [0.25, 0.3) is 10.0 Å². The number of rotatable bonds is 4. The molecule has 0 saturated heterocycles. The van der Waals surface area contributed by atoms with Crippen LogP contribution < -0.4 is 4.72 Å². The van der Waals surface area contributed by atoms with E-state index in [4.69, 9.17) is 5.26 Å². The van der Waals surface area contributed by atoms with Crippen molar-refractivity contribution in [1.29, 1.82) is 5.26 Å². The van der Waals surface area contributed by atoms with Gasteiger partial charge in [-0.25, -0.2) is 13.1 Å². The normalized spacial score (nSPS) is 11.0. The molecule has 0 spiro atoms. The maximum atomic E-state index is 12.6. The molecule has 8 heteroatoms. The summed E-state index contributed by atoms with van der Waals surface area (Å²) in [5, 5.41) is 13.2. The molecule has 3 rings (SSSR count). The highest BCUT2D eigenvalue weighted by Gasteiger charge is 2.18. The SMILES string of the molecule is Cc1cc(NS(=O)(=O)c2cccc(C#N)c2)n(-c2ccncc2)n1. The van der Waals surface area contributed by atoms with Crippen molar-refractivity contribution in [2.75, 3.05) is 4.72 Å². The van der Waals surface area contributed by atoms with Crippen LogP contribution in [0.15, 0.2) is 59.8 Å². The topological polar surface area (TPSA) is 101 Å². The molecule has 120 valence electrons. The van der Waals surface area contributed by atoms with Crippen LogP contribution in [0.3, 0.4) is 0 Å². The third kappa shape index (κ3) is 3.11. The molecule has 0 saturated carbocycles. The van der Waals surface area contributed by atoms with Gasteiger partial charge in [0.1, 0.15) is 5.82 Å². The summed E-state index contributed by atoms with van der Waals surface area (Å²) in [7, 11) is -3.84. The van der Waals surface area contributed by atoms with E-state index in [0.717, 1.165) is 0 Å². The van der Waals surface area contributed by atoms with E-state index in [1.165, 1.54) is 22.9 Å². The fourth-order valence-electron chi connectivity index (χ4n) is 2.18. The number of anilines is 1. The fraction of sp³-hybridized carbons (Fsp3) is 0.0625. The Bertz CT molecular complexity index is 1020. The van der Waals surface area contributed by atoms with Crippen LogP contribution in [0.1, 0.15) is 11.3 Å². The van der Waals surface area contributed by atoms with Gasteiger partial charge in [0.15, 0.2) is 0 Å². The molecule has 0 bridgehead atoms.